The summed E-state index contributed by atoms with van der Waals surface area (Å²) in [5.41, 5.74) is -0.271. The molecule has 1 unspecified atom stereocenters. The first kappa shape index (κ1) is 17.8. The van der Waals surface area contributed by atoms with E-state index in [2.05, 4.69) is 0 Å². The van der Waals surface area contributed by atoms with Crippen molar-refractivity contribution in [2.75, 3.05) is 26.3 Å². The molecule has 2 heterocycles. The summed E-state index contributed by atoms with van der Waals surface area (Å²) in [6, 6.07) is 6.09. The third-order valence-corrected chi connectivity index (χ3v) is 4.96. The van der Waals surface area contributed by atoms with Crippen molar-refractivity contribution in [3.8, 4) is 0 Å². The van der Waals surface area contributed by atoms with Crippen LogP contribution in [0.1, 0.15) is 25.3 Å². The minimum atomic E-state index is -1.09. The highest BCUT2D eigenvalue weighted by Crippen LogP contribution is 2.37. The predicted molar refractivity (Wildman–Crippen MR) is 86.7 cm³/mol. The van der Waals surface area contributed by atoms with E-state index in [9.17, 15) is 19.1 Å². The number of nitrogens with zero attached hydrogens (tertiary/aromatic N) is 1. The summed E-state index contributed by atoms with van der Waals surface area (Å²) >= 11 is 0. The van der Waals surface area contributed by atoms with Gasteiger partial charge in [0.15, 0.2) is 6.10 Å². The summed E-state index contributed by atoms with van der Waals surface area (Å²) < 4.78 is 24.6. The molecule has 0 bridgehead atoms. The summed E-state index contributed by atoms with van der Waals surface area (Å²) in [7, 11) is 0. The average Bonchev–Trinajstić information content (AvgIpc) is 2.61. The van der Waals surface area contributed by atoms with E-state index < -0.39 is 23.3 Å². The summed E-state index contributed by atoms with van der Waals surface area (Å²) in [6.07, 6.45) is -0.530. The van der Waals surface area contributed by atoms with Gasteiger partial charge in [0.2, 0.25) is 5.91 Å². The Morgan fingerprint density at radius 1 is 1.28 bits per heavy atom. The lowest BCUT2D eigenvalue weighted by molar-refractivity contribution is -0.169. The molecule has 0 aliphatic carbocycles. The quantitative estimate of drug-likeness (QED) is 0.895. The number of carboxylic acid groups (broad SMARTS) is 1. The van der Waals surface area contributed by atoms with Crippen LogP contribution in [-0.4, -0.2) is 60.4 Å². The average molecular weight is 351 g/mol. The molecule has 0 saturated carbocycles. The van der Waals surface area contributed by atoms with Crippen LogP contribution in [0.3, 0.4) is 0 Å². The highest BCUT2D eigenvalue weighted by Gasteiger charge is 2.46. The van der Waals surface area contributed by atoms with Crippen LogP contribution in [0, 0.1) is 5.82 Å². The first-order valence-electron chi connectivity index (χ1n) is 8.44. The van der Waals surface area contributed by atoms with Gasteiger partial charge in [0.25, 0.3) is 0 Å². The number of carboxylic acids is 1. The lowest BCUT2D eigenvalue weighted by Gasteiger charge is -2.43. The van der Waals surface area contributed by atoms with E-state index in [0.29, 0.717) is 38.2 Å². The van der Waals surface area contributed by atoms with Crippen LogP contribution < -0.4 is 0 Å². The Labute approximate surface area is 145 Å². The Kier molecular flexibility index (Phi) is 5.06. The smallest absolute Gasteiger partial charge is 0.334 e. The molecular weight excluding hydrogens is 329 g/mol. The third-order valence-electron chi connectivity index (χ3n) is 4.96. The highest BCUT2D eigenvalue weighted by atomic mass is 19.1. The number of carbonyl (C=O) groups is 2. The Morgan fingerprint density at radius 3 is 2.64 bits per heavy atom. The molecule has 2 atom stereocenters. The van der Waals surface area contributed by atoms with Gasteiger partial charge in [0.05, 0.1) is 18.1 Å². The normalized spacial score (nSPS) is 26.2. The van der Waals surface area contributed by atoms with Crippen molar-refractivity contribution in [2.24, 2.45) is 0 Å². The molecule has 1 aromatic rings. The van der Waals surface area contributed by atoms with Crippen molar-refractivity contribution in [3.63, 3.8) is 0 Å². The van der Waals surface area contributed by atoms with Crippen LogP contribution in [0.15, 0.2) is 24.3 Å². The van der Waals surface area contributed by atoms with Crippen LogP contribution in [0.25, 0.3) is 0 Å². The zero-order valence-corrected chi connectivity index (χ0v) is 14.1. The molecule has 7 heteroatoms. The van der Waals surface area contributed by atoms with Crippen LogP contribution in [0.4, 0.5) is 4.39 Å². The third kappa shape index (κ3) is 3.52. The van der Waals surface area contributed by atoms with Crippen LogP contribution in [0.5, 0.6) is 0 Å². The molecule has 2 saturated heterocycles. The van der Waals surface area contributed by atoms with E-state index in [0.717, 1.165) is 0 Å². The number of morpholine rings is 1. The highest BCUT2D eigenvalue weighted by molar-refractivity contribution is 5.89. The maximum absolute atomic E-state index is 13.8. The molecule has 25 heavy (non-hydrogen) atoms. The van der Waals surface area contributed by atoms with Crippen molar-refractivity contribution in [3.05, 3.63) is 35.6 Å². The standard InChI is InChI=1S/C18H22FNO5/c1-12-10-20(11-15(25-12)16(21)22)17(23)18(5-7-24-8-6-18)13-3-2-4-14(19)9-13/h2-4,9,12,15H,5-8,10-11H2,1H3,(H,21,22)/t12-,15?/m1/s1. The zero-order valence-electron chi connectivity index (χ0n) is 14.1. The minimum absolute atomic E-state index is 0.00354. The van der Waals surface area contributed by atoms with E-state index in [1.807, 2.05) is 0 Å². The van der Waals surface area contributed by atoms with Crippen LogP contribution >= 0.6 is 0 Å². The Morgan fingerprint density at radius 2 is 2.00 bits per heavy atom. The topological polar surface area (TPSA) is 76.1 Å². The van der Waals surface area contributed by atoms with Crippen molar-refractivity contribution < 1.29 is 28.6 Å². The first-order chi connectivity index (χ1) is 11.9. The van der Waals surface area contributed by atoms with Gasteiger partial charge in [0, 0.05) is 19.8 Å². The fraction of sp³-hybridized carbons (Fsp3) is 0.556. The predicted octanol–water partition coefficient (Wildman–Crippen LogP) is 1.57. The Balaban J connectivity index is 1.93. The van der Waals surface area contributed by atoms with Gasteiger partial charge in [-0.2, -0.15) is 0 Å². The number of benzene rings is 1. The van der Waals surface area contributed by atoms with E-state index in [-0.39, 0.29) is 18.6 Å². The number of amides is 1. The summed E-state index contributed by atoms with van der Waals surface area (Å²) in [5.74, 6) is -1.66. The van der Waals surface area contributed by atoms with Gasteiger partial charge >= 0.3 is 5.97 Å². The van der Waals surface area contributed by atoms with Gasteiger partial charge in [-0.1, -0.05) is 12.1 Å². The number of halogens is 1. The largest absolute Gasteiger partial charge is 0.479 e. The van der Waals surface area contributed by atoms with Gasteiger partial charge in [-0.25, -0.2) is 9.18 Å². The summed E-state index contributed by atoms with van der Waals surface area (Å²) in [5, 5.41) is 9.25. The second-order valence-electron chi connectivity index (χ2n) is 6.69. The minimum Gasteiger partial charge on any atom is -0.479 e. The SMILES string of the molecule is C[C@@H]1CN(C(=O)C2(c3cccc(F)c3)CCOCC2)CC(C(=O)O)O1. The number of hydrogen-bond acceptors (Lipinski definition) is 4. The van der Waals surface area contributed by atoms with E-state index >= 15 is 0 Å². The molecule has 2 aliphatic heterocycles. The number of ether oxygens (including phenoxy) is 2. The molecule has 1 amide bonds. The lowest BCUT2D eigenvalue weighted by atomic mass is 9.72. The second kappa shape index (κ2) is 7.09. The lowest BCUT2D eigenvalue weighted by Crippen LogP contribution is -2.57. The molecule has 2 aliphatic rings. The van der Waals surface area contributed by atoms with Gasteiger partial charge in [-0.05, 0) is 37.5 Å². The fourth-order valence-electron chi connectivity index (χ4n) is 3.69. The summed E-state index contributed by atoms with van der Waals surface area (Å²) in [4.78, 5) is 26.3. The van der Waals surface area contributed by atoms with Crippen molar-refractivity contribution in [1.29, 1.82) is 0 Å². The molecule has 6 nitrogen and oxygen atoms in total. The van der Waals surface area contributed by atoms with E-state index in [4.69, 9.17) is 9.47 Å². The molecule has 0 spiro atoms. The summed E-state index contributed by atoms with van der Waals surface area (Å²) in [6.45, 7) is 2.88. The van der Waals surface area contributed by atoms with Gasteiger partial charge in [-0.3, -0.25) is 4.79 Å². The van der Waals surface area contributed by atoms with Crippen LogP contribution in [-0.2, 0) is 24.5 Å². The van der Waals surface area contributed by atoms with Gasteiger partial charge in [0.1, 0.15) is 5.82 Å². The fourth-order valence-corrected chi connectivity index (χ4v) is 3.69. The maximum Gasteiger partial charge on any atom is 0.334 e. The van der Waals surface area contributed by atoms with Gasteiger partial charge in [-0.15, -0.1) is 0 Å². The molecule has 1 aromatic carbocycles. The number of hydrogen-bond donors (Lipinski definition) is 1. The molecule has 136 valence electrons. The Hall–Kier alpha value is -1.99. The monoisotopic (exact) mass is 351 g/mol. The van der Waals surface area contributed by atoms with Crippen molar-refractivity contribution in [1.82, 2.24) is 4.90 Å². The van der Waals surface area contributed by atoms with E-state index in [1.54, 1.807) is 24.0 Å². The zero-order chi connectivity index (χ0) is 18.0. The molecule has 1 N–H and O–H groups in total. The number of aliphatic carboxylic acids is 1. The molecular formula is C18H22FNO5. The first-order valence-corrected chi connectivity index (χ1v) is 8.44. The van der Waals surface area contributed by atoms with Crippen LogP contribution in [0.2, 0.25) is 0 Å². The van der Waals surface area contributed by atoms with Gasteiger partial charge < -0.3 is 19.5 Å². The molecule has 2 fully saturated rings. The maximum atomic E-state index is 13.8. The molecule has 0 radical (unpaired) electrons. The number of rotatable bonds is 3. The second-order valence-corrected chi connectivity index (χ2v) is 6.69. The van der Waals surface area contributed by atoms with E-state index in [1.165, 1.54) is 12.1 Å². The Bertz CT molecular complexity index is 659. The molecule has 0 aromatic heterocycles. The molecule has 3 rings (SSSR count). The van der Waals surface area contributed by atoms with Crippen molar-refractivity contribution >= 4 is 11.9 Å². The van der Waals surface area contributed by atoms with Crippen molar-refractivity contribution in [2.45, 2.75) is 37.4 Å². The number of carbonyl (C=O) groups excluding carboxylic acids is 1.